The molecule has 15 heavy (non-hydrogen) atoms. The average Bonchev–Trinajstić information content (AvgIpc) is 1.95. The van der Waals surface area contributed by atoms with E-state index in [1.165, 1.54) is 0 Å². The molecule has 1 amide bonds. The van der Waals surface area contributed by atoms with Crippen LogP contribution in [0.4, 0.5) is 4.79 Å². The molecule has 86 valence electrons. The largest absolute Gasteiger partial charge is 0.444 e. The Kier molecular flexibility index (Phi) is 2.23. The number of aliphatic hydroxyl groups is 1. The molecular formula is C11H19NO3. The molecule has 0 aromatic carbocycles. The molecule has 1 heterocycles. The van der Waals surface area contributed by atoms with Gasteiger partial charge in [0.25, 0.3) is 0 Å². The monoisotopic (exact) mass is 213 g/mol. The lowest BCUT2D eigenvalue weighted by atomic mass is 9.61. The Balaban J connectivity index is 1.82. The van der Waals surface area contributed by atoms with E-state index in [-0.39, 0.29) is 17.6 Å². The van der Waals surface area contributed by atoms with E-state index >= 15 is 0 Å². The van der Waals surface area contributed by atoms with E-state index in [0.717, 1.165) is 12.8 Å². The average molecular weight is 213 g/mol. The van der Waals surface area contributed by atoms with E-state index in [4.69, 9.17) is 4.74 Å². The summed E-state index contributed by atoms with van der Waals surface area (Å²) in [6.45, 7) is 6.89. The molecule has 1 N–H and O–H groups in total. The van der Waals surface area contributed by atoms with Crippen molar-refractivity contribution < 1.29 is 14.6 Å². The molecule has 1 aliphatic heterocycles. The van der Waals surface area contributed by atoms with Gasteiger partial charge in [0.05, 0.1) is 6.10 Å². The van der Waals surface area contributed by atoms with E-state index in [0.29, 0.717) is 13.1 Å². The van der Waals surface area contributed by atoms with Crippen LogP contribution in [0.5, 0.6) is 0 Å². The molecule has 0 aromatic heterocycles. The van der Waals surface area contributed by atoms with Crippen molar-refractivity contribution in [3.05, 3.63) is 0 Å². The van der Waals surface area contributed by atoms with Gasteiger partial charge in [-0.15, -0.1) is 0 Å². The molecule has 0 aromatic rings. The number of carbonyl (C=O) groups is 1. The van der Waals surface area contributed by atoms with Crippen molar-refractivity contribution in [1.82, 2.24) is 4.90 Å². The quantitative estimate of drug-likeness (QED) is 0.661. The highest BCUT2D eigenvalue weighted by Crippen LogP contribution is 2.48. The van der Waals surface area contributed by atoms with Crippen LogP contribution in [0.3, 0.4) is 0 Å². The van der Waals surface area contributed by atoms with Crippen molar-refractivity contribution in [3.8, 4) is 0 Å². The Morgan fingerprint density at radius 1 is 1.47 bits per heavy atom. The molecule has 2 fully saturated rings. The summed E-state index contributed by atoms with van der Waals surface area (Å²) in [6, 6.07) is 0. The lowest BCUT2D eigenvalue weighted by Gasteiger charge is -2.58. The van der Waals surface area contributed by atoms with Gasteiger partial charge in [-0.1, -0.05) is 0 Å². The van der Waals surface area contributed by atoms with Crippen LogP contribution in [0, 0.1) is 5.41 Å². The van der Waals surface area contributed by atoms with E-state index < -0.39 is 5.60 Å². The second-order valence-electron chi connectivity index (χ2n) is 5.75. The van der Waals surface area contributed by atoms with Gasteiger partial charge in [-0.3, -0.25) is 0 Å². The van der Waals surface area contributed by atoms with Crippen LogP contribution < -0.4 is 0 Å². The van der Waals surface area contributed by atoms with Crippen molar-refractivity contribution in [2.24, 2.45) is 5.41 Å². The minimum Gasteiger partial charge on any atom is -0.444 e. The maximum Gasteiger partial charge on any atom is 0.410 e. The fraction of sp³-hybridized carbons (Fsp3) is 0.909. The van der Waals surface area contributed by atoms with E-state index in [2.05, 4.69) is 0 Å². The maximum atomic E-state index is 11.6. The summed E-state index contributed by atoms with van der Waals surface area (Å²) in [6.07, 6.45) is 1.44. The molecule has 4 heteroatoms. The summed E-state index contributed by atoms with van der Waals surface area (Å²) < 4.78 is 5.24. The first-order chi connectivity index (χ1) is 6.82. The first-order valence-electron chi connectivity index (χ1n) is 5.48. The summed E-state index contributed by atoms with van der Waals surface area (Å²) in [5.74, 6) is 0. The number of likely N-dealkylation sites (tertiary alicyclic amines) is 1. The number of aliphatic hydroxyl groups excluding tert-OH is 1. The third-order valence-electron chi connectivity index (χ3n) is 3.29. The topological polar surface area (TPSA) is 49.8 Å². The van der Waals surface area contributed by atoms with Gasteiger partial charge in [0.1, 0.15) is 5.60 Å². The molecule has 2 rings (SSSR count). The highest BCUT2D eigenvalue weighted by atomic mass is 16.6. The first-order valence-corrected chi connectivity index (χ1v) is 5.48. The number of carbonyl (C=O) groups excluding carboxylic acids is 1. The van der Waals surface area contributed by atoms with Crippen LogP contribution in [-0.2, 0) is 4.74 Å². The van der Waals surface area contributed by atoms with E-state index in [1.807, 2.05) is 20.8 Å². The molecule has 1 saturated heterocycles. The Morgan fingerprint density at radius 3 is 2.40 bits per heavy atom. The van der Waals surface area contributed by atoms with E-state index in [9.17, 15) is 9.90 Å². The molecule has 1 aliphatic carbocycles. The second kappa shape index (κ2) is 3.11. The molecule has 1 saturated carbocycles. The van der Waals surface area contributed by atoms with Gasteiger partial charge in [-0.2, -0.15) is 0 Å². The highest BCUT2D eigenvalue weighted by Gasteiger charge is 2.56. The minimum absolute atomic E-state index is 0.0108. The number of hydrogen-bond acceptors (Lipinski definition) is 3. The summed E-state index contributed by atoms with van der Waals surface area (Å²) in [5, 5.41) is 9.57. The number of ether oxygens (including phenoxy) is 1. The predicted molar refractivity (Wildman–Crippen MR) is 55.5 cm³/mol. The van der Waals surface area contributed by atoms with Crippen molar-refractivity contribution in [3.63, 3.8) is 0 Å². The molecule has 4 nitrogen and oxygen atoms in total. The Hall–Kier alpha value is -0.770. The van der Waals surface area contributed by atoms with Crippen LogP contribution in [0.25, 0.3) is 0 Å². The van der Waals surface area contributed by atoms with Gasteiger partial charge in [0.2, 0.25) is 0 Å². The fourth-order valence-electron chi connectivity index (χ4n) is 2.22. The van der Waals surface area contributed by atoms with Crippen molar-refractivity contribution in [2.75, 3.05) is 13.1 Å². The zero-order valence-corrected chi connectivity index (χ0v) is 9.62. The molecule has 1 spiro atoms. The second-order valence-corrected chi connectivity index (χ2v) is 5.75. The minimum atomic E-state index is -0.432. The lowest BCUT2D eigenvalue weighted by Crippen LogP contribution is -2.68. The van der Waals surface area contributed by atoms with Gasteiger partial charge in [-0.25, -0.2) is 4.79 Å². The normalized spacial score (nSPS) is 28.3. The van der Waals surface area contributed by atoms with Gasteiger partial charge in [0, 0.05) is 18.5 Å². The molecule has 0 unspecified atom stereocenters. The van der Waals surface area contributed by atoms with Crippen LogP contribution in [0.1, 0.15) is 33.6 Å². The zero-order valence-electron chi connectivity index (χ0n) is 9.62. The van der Waals surface area contributed by atoms with Gasteiger partial charge in [-0.05, 0) is 33.6 Å². The number of nitrogens with zero attached hydrogens (tertiary/aromatic N) is 1. The number of amides is 1. The van der Waals surface area contributed by atoms with Crippen molar-refractivity contribution >= 4 is 6.09 Å². The maximum absolute atomic E-state index is 11.6. The summed E-state index contributed by atoms with van der Waals surface area (Å²) in [7, 11) is 0. The lowest BCUT2D eigenvalue weighted by molar-refractivity contribution is -0.152. The van der Waals surface area contributed by atoms with Crippen LogP contribution in [0.15, 0.2) is 0 Å². The molecule has 1 atom stereocenters. The molecular weight excluding hydrogens is 194 g/mol. The standard InChI is InChI=1S/C11H19NO3/c1-10(2,3)15-9(14)12-6-11(7-12)5-4-8(11)13/h8,13H,4-7H2,1-3H3/t8-/m1/s1. The predicted octanol–water partition coefficient (Wildman–Crippen LogP) is 1.38. The smallest absolute Gasteiger partial charge is 0.410 e. The fourth-order valence-corrected chi connectivity index (χ4v) is 2.22. The third kappa shape index (κ3) is 1.83. The number of rotatable bonds is 0. The van der Waals surface area contributed by atoms with Gasteiger partial charge < -0.3 is 14.7 Å². The van der Waals surface area contributed by atoms with Crippen LogP contribution >= 0.6 is 0 Å². The van der Waals surface area contributed by atoms with Gasteiger partial charge >= 0.3 is 6.09 Å². The Bertz CT molecular complexity index is 276. The van der Waals surface area contributed by atoms with Crippen molar-refractivity contribution in [1.29, 1.82) is 0 Å². The molecule has 2 aliphatic rings. The SMILES string of the molecule is CC(C)(C)OC(=O)N1CC2(CC[C@H]2O)C1. The highest BCUT2D eigenvalue weighted by molar-refractivity contribution is 5.69. The Morgan fingerprint density at radius 2 is 2.07 bits per heavy atom. The van der Waals surface area contributed by atoms with Crippen LogP contribution in [-0.4, -0.2) is 40.9 Å². The van der Waals surface area contributed by atoms with Crippen molar-refractivity contribution in [2.45, 2.75) is 45.3 Å². The Labute approximate surface area is 90.2 Å². The van der Waals surface area contributed by atoms with Gasteiger partial charge in [0.15, 0.2) is 0 Å². The molecule has 0 radical (unpaired) electrons. The summed E-state index contributed by atoms with van der Waals surface area (Å²) in [5.41, 5.74) is -0.422. The first kappa shape index (κ1) is 10.7. The number of hydrogen-bond donors (Lipinski definition) is 1. The summed E-state index contributed by atoms with van der Waals surface area (Å²) in [4.78, 5) is 13.3. The third-order valence-corrected chi connectivity index (χ3v) is 3.29. The van der Waals surface area contributed by atoms with E-state index in [1.54, 1.807) is 4.90 Å². The summed E-state index contributed by atoms with van der Waals surface area (Å²) >= 11 is 0. The molecule has 0 bridgehead atoms. The zero-order chi connectivity index (χ0) is 11.3. The van der Waals surface area contributed by atoms with Crippen LogP contribution in [0.2, 0.25) is 0 Å².